The minimum atomic E-state index is -0.624. The van der Waals surface area contributed by atoms with Gasteiger partial charge < -0.3 is 14.7 Å². The van der Waals surface area contributed by atoms with Gasteiger partial charge in [-0.05, 0) is 37.1 Å². The summed E-state index contributed by atoms with van der Waals surface area (Å²) >= 11 is 0. The van der Waals surface area contributed by atoms with Crippen molar-refractivity contribution in [2.24, 2.45) is 0 Å². The van der Waals surface area contributed by atoms with Gasteiger partial charge in [0.2, 0.25) is 0 Å². The van der Waals surface area contributed by atoms with E-state index in [-0.39, 0.29) is 23.8 Å². The van der Waals surface area contributed by atoms with Crippen molar-refractivity contribution >= 4 is 11.9 Å². The molecule has 1 atom stereocenters. The number of carbonyl (C=O) groups excluding carboxylic acids is 2. The van der Waals surface area contributed by atoms with Crippen molar-refractivity contribution in [2.75, 3.05) is 6.54 Å². The minimum absolute atomic E-state index is 0.0782. The van der Waals surface area contributed by atoms with Crippen LogP contribution in [0.5, 0.6) is 5.75 Å². The molecule has 1 saturated heterocycles. The number of aromatic nitrogens is 1. The maximum absolute atomic E-state index is 12.6. The molecule has 1 aliphatic heterocycles. The Labute approximate surface area is 139 Å². The van der Waals surface area contributed by atoms with Crippen molar-refractivity contribution in [1.82, 2.24) is 9.88 Å². The maximum Gasteiger partial charge on any atom is 0.329 e. The highest BCUT2D eigenvalue weighted by Crippen LogP contribution is 2.25. The highest BCUT2D eigenvalue weighted by molar-refractivity contribution is 5.99. The standard InChI is InChI=1S/C18H18N2O4/c21-16-9-2-1-7-14(16)17(22)20-11-5-8-15(20)18(23)24-12-13-6-3-4-10-19-13/h1-4,6-7,9-10,15,21H,5,8,11-12H2/t15-/m1/s1. The Hall–Kier alpha value is -2.89. The summed E-state index contributed by atoms with van der Waals surface area (Å²) in [6.45, 7) is 0.547. The molecule has 1 amide bonds. The molecule has 1 fully saturated rings. The van der Waals surface area contributed by atoms with Gasteiger partial charge in [-0.1, -0.05) is 18.2 Å². The smallest absolute Gasteiger partial charge is 0.329 e. The number of hydrogen-bond acceptors (Lipinski definition) is 5. The number of para-hydroxylation sites is 1. The van der Waals surface area contributed by atoms with Gasteiger partial charge in [-0.15, -0.1) is 0 Å². The topological polar surface area (TPSA) is 79.7 Å². The second kappa shape index (κ2) is 7.12. The quantitative estimate of drug-likeness (QED) is 0.871. The summed E-state index contributed by atoms with van der Waals surface area (Å²) in [4.78, 5) is 30.5. The molecule has 0 saturated carbocycles. The molecular weight excluding hydrogens is 308 g/mol. The third kappa shape index (κ3) is 3.37. The second-order valence-electron chi connectivity index (χ2n) is 5.60. The Kier molecular flexibility index (Phi) is 4.74. The number of amides is 1. The van der Waals surface area contributed by atoms with Crippen LogP contribution in [0.3, 0.4) is 0 Å². The number of hydrogen-bond donors (Lipinski definition) is 1. The van der Waals surface area contributed by atoms with Gasteiger partial charge in [-0.3, -0.25) is 9.78 Å². The number of phenols is 1. The van der Waals surface area contributed by atoms with Gasteiger partial charge in [0.25, 0.3) is 5.91 Å². The Balaban J connectivity index is 1.67. The Morgan fingerprint density at radius 2 is 2.00 bits per heavy atom. The molecule has 0 bridgehead atoms. The fourth-order valence-electron chi connectivity index (χ4n) is 2.79. The molecule has 0 unspecified atom stereocenters. The largest absolute Gasteiger partial charge is 0.507 e. The van der Waals surface area contributed by atoms with Crippen LogP contribution >= 0.6 is 0 Å². The summed E-state index contributed by atoms with van der Waals surface area (Å²) in [6.07, 6.45) is 2.91. The molecule has 1 aliphatic rings. The minimum Gasteiger partial charge on any atom is -0.507 e. The maximum atomic E-state index is 12.6. The van der Waals surface area contributed by atoms with Crippen LogP contribution < -0.4 is 0 Å². The number of esters is 1. The zero-order valence-electron chi connectivity index (χ0n) is 13.1. The molecule has 0 spiro atoms. The number of ether oxygens (including phenoxy) is 1. The van der Waals surface area contributed by atoms with E-state index >= 15 is 0 Å². The average Bonchev–Trinajstić information content (AvgIpc) is 3.10. The molecule has 2 aromatic rings. The van der Waals surface area contributed by atoms with E-state index < -0.39 is 12.0 Å². The number of pyridine rings is 1. The van der Waals surface area contributed by atoms with E-state index in [1.807, 2.05) is 6.07 Å². The number of phenolic OH excluding ortho intramolecular Hbond substituents is 1. The van der Waals surface area contributed by atoms with Crippen LogP contribution in [0.15, 0.2) is 48.7 Å². The molecule has 1 aromatic heterocycles. The van der Waals surface area contributed by atoms with Gasteiger partial charge in [-0.25, -0.2) is 4.79 Å². The van der Waals surface area contributed by atoms with Crippen molar-refractivity contribution in [3.05, 3.63) is 59.9 Å². The summed E-state index contributed by atoms with van der Waals surface area (Å²) in [5, 5.41) is 9.85. The average molecular weight is 326 g/mol. The van der Waals surface area contributed by atoms with Crippen molar-refractivity contribution < 1.29 is 19.4 Å². The van der Waals surface area contributed by atoms with Gasteiger partial charge in [0.15, 0.2) is 0 Å². The van der Waals surface area contributed by atoms with E-state index in [0.717, 1.165) is 6.42 Å². The van der Waals surface area contributed by atoms with Gasteiger partial charge >= 0.3 is 5.97 Å². The zero-order chi connectivity index (χ0) is 16.9. The van der Waals surface area contributed by atoms with Crippen molar-refractivity contribution in [3.63, 3.8) is 0 Å². The van der Waals surface area contributed by atoms with Crippen LogP contribution in [0.25, 0.3) is 0 Å². The molecule has 6 nitrogen and oxygen atoms in total. The lowest BCUT2D eigenvalue weighted by Gasteiger charge is -2.23. The first-order valence-electron chi connectivity index (χ1n) is 7.82. The van der Waals surface area contributed by atoms with Gasteiger partial charge in [0, 0.05) is 12.7 Å². The van der Waals surface area contributed by atoms with Gasteiger partial charge in [-0.2, -0.15) is 0 Å². The number of benzene rings is 1. The van der Waals surface area contributed by atoms with Crippen LogP contribution in [-0.4, -0.2) is 39.5 Å². The van der Waals surface area contributed by atoms with E-state index in [4.69, 9.17) is 4.74 Å². The number of carbonyl (C=O) groups is 2. The van der Waals surface area contributed by atoms with Gasteiger partial charge in [0.1, 0.15) is 18.4 Å². The Bertz CT molecular complexity index is 733. The second-order valence-corrected chi connectivity index (χ2v) is 5.60. The zero-order valence-corrected chi connectivity index (χ0v) is 13.1. The summed E-state index contributed by atoms with van der Waals surface area (Å²) < 4.78 is 5.30. The molecule has 1 N–H and O–H groups in total. The first kappa shape index (κ1) is 16.0. The SMILES string of the molecule is O=C(OCc1ccccn1)[C@H]1CCCN1C(=O)c1ccccc1O. The number of nitrogens with zero attached hydrogens (tertiary/aromatic N) is 2. The molecule has 124 valence electrons. The lowest BCUT2D eigenvalue weighted by Crippen LogP contribution is -2.41. The van der Waals surface area contributed by atoms with Crippen LogP contribution in [0.4, 0.5) is 0 Å². The number of aromatic hydroxyl groups is 1. The molecular formula is C18H18N2O4. The molecule has 3 rings (SSSR count). The molecule has 0 radical (unpaired) electrons. The fraction of sp³-hybridized carbons (Fsp3) is 0.278. The summed E-state index contributed by atoms with van der Waals surface area (Å²) in [6, 6.07) is 11.1. The number of likely N-dealkylation sites (tertiary alicyclic amines) is 1. The molecule has 1 aromatic carbocycles. The molecule has 0 aliphatic carbocycles. The third-order valence-corrected chi connectivity index (χ3v) is 4.01. The monoisotopic (exact) mass is 326 g/mol. The van der Waals surface area contributed by atoms with Crippen molar-refractivity contribution in [3.8, 4) is 5.75 Å². The predicted octanol–water partition coefficient (Wildman–Crippen LogP) is 2.14. The summed E-state index contributed by atoms with van der Waals surface area (Å²) in [5.74, 6) is -0.887. The lowest BCUT2D eigenvalue weighted by atomic mass is 10.1. The highest BCUT2D eigenvalue weighted by Gasteiger charge is 2.36. The predicted molar refractivity (Wildman–Crippen MR) is 86.2 cm³/mol. The van der Waals surface area contributed by atoms with E-state index in [1.54, 1.807) is 36.5 Å². The van der Waals surface area contributed by atoms with Crippen molar-refractivity contribution in [2.45, 2.75) is 25.5 Å². The van der Waals surface area contributed by atoms with Gasteiger partial charge in [0.05, 0.1) is 11.3 Å². The molecule has 2 heterocycles. The Morgan fingerprint density at radius 1 is 1.21 bits per heavy atom. The van der Waals surface area contributed by atoms with Crippen molar-refractivity contribution in [1.29, 1.82) is 0 Å². The molecule has 24 heavy (non-hydrogen) atoms. The third-order valence-electron chi connectivity index (χ3n) is 4.01. The van der Waals surface area contributed by atoms with E-state index in [2.05, 4.69) is 4.98 Å². The van der Waals surface area contributed by atoms with Crippen LogP contribution in [0.1, 0.15) is 28.9 Å². The first-order valence-corrected chi connectivity index (χ1v) is 7.82. The first-order chi connectivity index (χ1) is 11.7. The highest BCUT2D eigenvalue weighted by atomic mass is 16.5. The van der Waals surface area contributed by atoms with E-state index in [1.165, 1.54) is 11.0 Å². The van der Waals surface area contributed by atoms with Crippen LogP contribution in [-0.2, 0) is 16.1 Å². The summed E-state index contributed by atoms with van der Waals surface area (Å²) in [5.41, 5.74) is 0.851. The molecule has 6 heteroatoms. The summed E-state index contributed by atoms with van der Waals surface area (Å²) in [7, 11) is 0. The number of rotatable bonds is 4. The van der Waals surface area contributed by atoms with E-state index in [0.29, 0.717) is 18.7 Å². The van der Waals surface area contributed by atoms with Crippen LogP contribution in [0, 0.1) is 0 Å². The fourth-order valence-corrected chi connectivity index (χ4v) is 2.79. The lowest BCUT2D eigenvalue weighted by molar-refractivity contribution is -0.149. The Morgan fingerprint density at radius 3 is 2.75 bits per heavy atom. The normalized spacial score (nSPS) is 16.8. The van der Waals surface area contributed by atoms with E-state index in [9.17, 15) is 14.7 Å². The van der Waals surface area contributed by atoms with Crippen LogP contribution in [0.2, 0.25) is 0 Å².